The van der Waals surface area contributed by atoms with E-state index in [0.717, 1.165) is 0 Å². The number of thioether (sulfide) groups is 1. The van der Waals surface area contributed by atoms with Crippen molar-refractivity contribution in [3.63, 3.8) is 0 Å². The van der Waals surface area contributed by atoms with Gasteiger partial charge in [-0.15, -0.1) is 0 Å². The van der Waals surface area contributed by atoms with E-state index in [1.54, 1.807) is 36.0 Å². The molecule has 0 heterocycles. The Hall–Kier alpha value is -1.57. The minimum absolute atomic E-state index is 0.150. The summed E-state index contributed by atoms with van der Waals surface area (Å²) in [4.78, 5) is 24.4. The molecule has 0 fully saturated rings. The van der Waals surface area contributed by atoms with Crippen molar-refractivity contribution in [3.05, 3.63) is 35.9 Å². The van der Waals surface area contributed by atoms with Gasteiger partial charge in [-0.25, -0.2) is 0 Å². The number of carbonyl (C=O) groups is 2. The summed E-state index contributed by atoms with van der Waals surface area (Å²) in [6.07, 6.45) is 0.797. The lowest BCUT2D eigenvalue weighted by Crippen LogP contribution is -2.47. The summed E-state index contributed by atoms with van der Waals surface area (Å²) in [5, 5.41) is 23.7. The highest BCUT2D eigenvalue weighted by Crippen LogP contribution is 2.10. The van der Waals surface area contributed by atoms with Gasteiger partial charge in [0.25, 0.3) is 5.91 Å². The molecule has 0 aliphatic rings. The standard InChI is InChI=1S/C17H26N2O4S/c1-2-14(21)12-24-11-8-15(17(23)18-9-10-20)19-16(22)13-6-4-3-5-7-13/h3-7,14-15,20-21H,2,8-12H2,1H3,(H,18,23)(H,19,22). The van der Waals surface area contributed by atoms with Crippen molar-refractivity contribution in [2.24, 2.45) is 0 Å². The van der Waals surface area contributed by atoms with Crippen molar-refractivity contribution in [2.45, 2.75) is 31.9 Å². The summed E-state index contributed by atoms with van der Waals surface area (Å²) in [6.45, 7) is 1.91. The number of hydrogen-bond acceptors (Lipinski definition) is 5. The number of amides is 2. The fourth-order valence-corrected chi connectivity index (χ4v) is 3.02. The third-order valence-corrected chi connectivity index (χ3v) is 4.55. The molecule has 0 saturated carbocycles. The first kappa shape index (κ1) is 20.5. The average molecular weight is 354 g/mol. The number of aliphatic hydroxyl groups is 2. The Balaban J connectivity index is 2.57. The van der Waals surface area contributed by atoms with Gasteiger partial charge in [0.15, 0.2) is 0 Å². The van der Waals surface area contributed by atoms with Crippen LogP contribution in [0.4, 0.5) is 0 Å². The third-order valence-electron chi connectivity index (χ3n) is 3.40. The molecule has 7 heteroatoms. The van der Waals surface area contributed by atoms with E-state index >= 15 is 0 Å². The van der Waals surface area contributed by atoms with Gasteiger partial charge in [0.1, 0.15) is 6.04 Å². The van der Waals surface area contributed by atoms with Crippen LogP contribution in [0.25, 0.3) is 0 Å². The normalized spacial score (nSPS) is 13.1. The van der Waals surface area contributed by atoms with Crippen molar-refractivity contribution >= 4 is 23.6 Å². The first-order valence-electron chi connectivity index (χ1n) is 8.08. The Kier molecular flexibility index (Phi) is 10.1. The largest absolute Gasteiger partial charge is 0.395 e. The lowest BCUT2D eigenvalue weighted by molar-refractivity contribution is -0.123. The van der Waals surface area contributed by atoms with Crippen LogP contribution in [-0.2, 0) is 4.79 Å². The van der Waals surface area contributed by atoms with Crippen LogP contribution >= 0.6 is 11.8 Å². The van der Waals surface area contributed by atoms with Crippen molar-refractivity contribution in [3.8, 4) is 0 Å². The van der Waals surface area contributed by atoms with Crippen LogP contribution in [0.2, 0.25) is 0 Å². The van der Waals surface area contributed by atoms with Gasteiger partial charge < -0.3 is 20.8 Å². The molecule has 0 spiro atoms. The van der Waals surface area contributed by atoms with E-state index in [1.807, 2.05) is 13.0 Å². The van der Waals surface area contributed by atoms with Gasteiger partial charge in [-0.2, -0.15) is 11.8 Å². The number of hydrogen-bond donors (Lipinski definition) is 4. The Labute approximate surface area is 147 Å². The number of carbonyl (C=O) groups excluding carboxylic acids is 2. The predicted octanol–water partition coefficient (Wildman–Crippen LogP) is 0.788. The van der Waals surface area contributed by atoms with E-state index in [1.165, 1.54) is 0 Å². The molecule has 0 aliphatic heterocycles. The molecule has 0 saturated heterocycles. The monoisotopic (exact) mass is 354 g/mol. The number of benzene rings is 1. The quantitative estimate of drug-likeness (QED) is 0.440. The number of nitrogens with one attached hydrogen (secondary N) is 2. The van der Waals surface area contributed by atoms with Gasteiger partial charge in [0.05, 0.1) is 12.7 Å². The van der Waals surface area contributed by atoms with Gasteiger partial charge in [0, 0.05) is 17.9 Å². The molecule has 0 radical (unpaired) electrons. The molecule has 0 bridgehead atoms. The van der Waals surface area contributed by atoms with Gasteiger partial charge in [-0.05, 0) is 30.7 Å². The maximum Gasteiger partial charge on any atom is 0.251 e. The summed E-state index contributed by atoms with van der Waals surface area (Å²) in [5.41, 5.74) is 0.492. The molecular formula is C17H26N2O4S. The molecule has 2 unspecified atom stereocenters. The second-order valence-electron chi connectivity index (χ2n) is 5.33. The molecule has 1 aromatic carbocycles. The zero-order valence-electron chi connectivity index (χ0n) is 13.9. The van der Waals surface area contributed by atoms with Gasteiger partial charge in [-0.1, -0.05) is 25.1 Å². The highest BCUT2D eigenvalue weighted by atomic mass is 32.2. The van der Waals surface area contributed by atoms with Crippen LogP contribution < -0.4 is 10.6 Å². The van der Waals surface area contributed by atoms with Crippen molar-refractivity contribution in [1.82, 2.24) is 10.6 Å². The minimum atomic E-state index is -0.671. The average Bonchev–Trinajstić information content (AvgIpc) is 2.62. The van der Waals surface area contributed by atoms with Gasteiger partial charge in [-0.3, -0.25) is 9.59 Å². The van der Waals surface area contributed by atoms with E-state index in [4.69, 9.17) is 5.11 Å². The van der Waals surface area contributed by atoms with Crippen molar-refractivity contribution in [1.29, 1.82) is 0 Å². The minimum Gasteiger partial charge on any atom is -0.395 e. The molecule has 0 aromatic heterocycles. The summed E-state index contributed by atoms with van der Waals surface area (Å²) in [5.74, 6) is 0.626. The van der Waals surface area contributed by atoms with Crippen LogP contribution in [-0.4, -0.2) is 58.8 Å². The molecule has 6 nitrogen and oxygen atoms in total. The molecule has 134 valence electrons. The highest BCUT2D eigenvalue weighted by molar-refractivity contribution is 7.99. The van der Waals surface area contributed by atoms with Crippen LogP contribution in [0.3, 0.4) is 0 Å². The number of aliphatic hydroxyl groups excluding tert-OH is 2. The lowest BCUT2D eigenvalue weighted by atomic mass is 10.1. The van der Waals surface area contributed by atoms with E-state index in [9.17, 15) is 14.7 Å². The number of rotatable bonds is 11. The third kappa shape index (κ3) is 7.81. The summed E-state index contributed by atoms with van der Waals surface area (Å²) >= 11 is 1.55. The summed E-state index contributed by atoms with van der Waals surface area (Å²) in [7, 11) is 0. The Morgan fingerprint density at radius 1 is 1.25 bits per heavy atom. The molecule has 1 aromatic rings. The van der Waals surface area contributed by atoms with Crippen molar-refractivity contribution < 1.29 is 19.8 Å². The molecule has 4 N–H and O–H groups in total. The zero-order valence-corrected chi connectivity index (χ0v) is 14.7. The second kappa shape index (κ2) is 11.9. The fourth-order valence-electron chi connectivity index (χ4n) is 1.94. The van der Waals surface area contributed by atoms with Crippen LogP contribution in [0.5, 0.6) is 0 Å². The summed E-state index contributed by atoms with van der Waals surface area (Å²) in [6, 6.07) is 8.04. The molecular weight excluding hydrogens is 328 g/mol. The van der Waals surface area contributed by atoms with Crippen molar-refractivity contribution in [2.75, 3.05) is 24.7 Å². The van der Waals surface area contributed by atoms with Crippen LogP contribution in [0.15, 0.2) is 30.3 Å². The molecule has 1 rings (SSSR count). The topological polar surface area (TPSA) is 98.7 Å². The Morgan fingerprint density at radius 3 is 2.58 bits per heavy atom. The molecule has 24 heavy (non-hydrogen) atoms. The Morgan fingerprint density at radius 2 is 1.96 bits per heavy atom. The first-order chi connectivity index (χ1) is 11.6. The SMILES string of the molecule is CCC(O)CSCCC(NC(=O)c1ccccc1)C(=O)NCCO. The molecule has 2 amide bonds. The fraction of sp³-hybridized carbons (Fsp3) is 0.529. The highest BCUT2D eigenvalue weighted by Gasteiger charge is 2.21. The van der Waals surface area contributed by atoms with E-state index in [2.05, 4.69) is 10.6 Å². The van der Waals surface area contributed by atoms with E-state index in [0.29, 0.717) is 29.9 Å². The zero-order chi connectivity index (χ0) is 17.8. The predicted molar refractivity (Wildman–Crippen MR) is 96.0 cm³/mol. The molecule has 2 atom stereocenters. The maximum absolute atomic E-state index is 12.2. The van der Waals surface area contributed by atoms with Gasteiger partial charge in [0.2, 0.25) is 5.91 Å². The lowest BCUT2D eigenvalue weighted by Gasteiger charge is -2.18. The Bertz CT molecular complexity index is 499. The maximum atomic E-state index is 12.2. The first-order valence-corrected chi connectivity index (χ1v) is 9.24. The van der Waals surface area contributed by atoms with Gasteiger partial charge >= 0.3 is 0 Å². The molecule has 0 aliphatic carbocycles. The smallest absolute Gasteiger partial charge is 0.251 e. The van der Waals surface area contributed by atoms with Crippen LogP contribution in [0.1, 0.15) is 30.1 Å². The van der Waals surface area contributed by atoms with Crippen LogP contribution in [0, 0.1) is 0 Å². The van der Waals surface area contributed by atoms with E-state index in [-0.39, 0.29) is 31.1 Å². The second-order valence-corrected chi connectivity index (χ2v) is 6.48. The summed E-state index contributed by atoms with van der Waals surface area (Å²) < 4.78 is 0. The van der Waals surface area contributed by atoms with E-state index < -0.39 is 6.04 Å².